The van der Waals surface area contributed by atoms with Crippen LogP contribution in [-0.4, -0.2) is 26.8 Å². The molecule has 0 saturated heterocycles. The first kappa shape index (κ1) is 11.2. The van der Waals surface area contributed by atoms with Crippen molar-refractivity contribution in [3.63, 3.8) is 0 Å². The van der Waals surface area contributed by atoms with Crippen LogP contribution in [0.1, 0.15) is 18.0 Å². The molecule has 0 fully saturated rings. The summed E-state index contributed by atoms with van der Waals surface area (Å²) in [6, 6.07) is 5.89. The summed E-state index contributed by atoms with van der Waals surface area (Å²) in [6.07, 6.45) is 0.923. The van der Waals surface area contributed by atoms with Gasteiger partial charge in [0, 0.05) is 19.0 Å². The van der Waals surface area contributed by atoms with E-state index in [1.807, 2.05) is 25.2 Å². The lowest BCUT2D eigenvalue weighted by atomic mass is 10.1. The van der Waals surface area contributed by atoms with Gasteiger partial charge < -0.3 is 20.5 Å². The third-order valence-corrected chi connectivity index (χ3v) is 2.62. The molecule has 1 atom stereocenters. The number of ether oxygens (including phenoxy) is 2. The Morgan fingerprint density at radius 1 is 1.31 bits per heavy atom. The monoisotopic (exact) mass is 222 g/mol. The summed E-state index contributed by atoms with van der Waals surface area (Å²) in [6.45, 7) is 2.17. The average Bonchev–Trinajstić information content (AvgIpc) is 2.53. The maximum Gasteiger partial charge on any atom is 0.161 e. The van der Waals surface area contributed by atoms with E-state index in [-0.39, 0.29) is 6.04 Å². The molecule has 1 aromatic rings. The molecular formula is C12H18N2O2. The van der Waals surface area contributed by atoms with Crippen molar-refractivity contribution in [2.45, 2.75) is 12.5 Å². The number of hydrogen-bond donors (Lipinski definition) is 2. The van der Waals surface area contributed by atoms with E-state index in [4.69, 9.17) is 15.2 Å². The molecule has 88 valence electrons. The number of benzene rings is 1. The summed E-state index contributed by atoms with van der Waals surface area (Å²) in [5, 5.41) is 3.06. The summed E-state index contributed by atoms with van der Waals surface area (Å²) in [7, 11) is 1.89. The Kier molecular flexibility index (Phi) is 3.64. The van der Waals surface area contributed by atoms with Gasteiger partial charge in [0.05, 0.1) is 13.2 Å². The fourth-order valence-corrected chi connectivity index (χ4v) is 1.75. The Morgan fingerprint density at radius 3 is 2.81 bits per heavy atom. The Labute approximate surface area is 95.7 Å². The van der Waals surface area contributed by atoms with Crippen LogP contribution in [0.5, 0.6) is 11.5 Å². The Hall–Kier alpha value is -1.26. The van der Waals surface area contributed by atoms with Crippen LogP contribution < -0.4 is 20.5 Å². The number of nitrogens with one attached hydrogen (secondary N) is 1. The summed E-state index contributed by atoms with van der Waals surface area (Å²) in [5.74, 6) is 1.62. The van der Waals surface area contributed by atoms with Gasteiger partial charge in [-0.2, -0.15) is 0 Å². The summed E-state index contributed by atoms with van der Waals surface area (Å²) < 4.78 is 11.2. The highest BCUT2D eigenvalue weighted by Crippen LogP contribution is 2.31. The first-order chi connectivity index (χ1) is 7.81. The highest BCUT2D eigenvalue weighted by atomic mass is 16.5. The smallest absolute Gasteiger partial charge is 0.161 e. The van der Waals surface area contributed by atoms with E-state index in [2.05, 4.69) is 5.32 Å². The molecule has 1 aromatic carbocycles. The molecule has 0 amide bonds. The molecule has 1 unspecified atom stereocenters. The fraction of sp³-hybridized carbons (Fsp3) is 0.500. The first-order valence-corrected chi connectivity index (χ1v) is 5.61. The normalized spacial score (nSPS) is 16.6. The van der Waals surface area contributed by atoms with Gasteiger partial charge in [0.1, 0.15) is 0 Å². The lowest BCUT2D eigenvalue weighted by Gasteiger charge is -2.14. The van der Waals surface area contributed by atoms with Crippen LogP contribution >= 0.6 is 0 Å². The van der Waals surface area contributed by atoms with Crippen molar-refractivity contribution in [3.8, 4) is 11.5 Å². The van der Waals surface area contributed by atoms with E-state index in [9.17, 15) is 0 Å². The van der Waals surface area contributed by atoms with Gasteiger partial charge in [-0.15, -0.1) is 0 Å². The van der Waals surface area contributed by atoms with Crippen LogP contribution in [-0.2, 0) is 0 Å². The second-order valence-electron chi connectivity index (χ2n) is 3.92. The molecule has 16 heavy (non-hydrogen) atoms. The van der Waals surface area contributed by atoms with E-state index < -0.39 is 0 Å². The van der Waals surface area contributed by atoms with Gasteiger partial charge in [-0.25, -0.2) is 0 Å². The zero-order valence-electron chi connectivity index (χ0n) is 9.53. The molecule has 4 heteroatoms. The standard InChI is InChI=1S/C12H18N2O2/c1-14-8-10(13)9-3-4-11-12(7-9)16-6-2-5-15-11/h3-4,7,10,14H,2,5-6,8,13H2,1H3. The van der Waals surface area contributed by atoms with Gasteiger partial charge in [-0.1, -0.05) is 6.07 Å². The van der Waals surface area contributed by atoms with Crippen molar-refractivity contribution in [2.24, 2.45) is 5.73 Å². The van der Waals surface area contributed by atoms with Gasteiger partial charge in [-0.05, 0) is 24.7 Å². The molecule has 0 bridgehead atoms. The predicted octanol–water partition coefficient (Wildman–Crippen LogP) is 1.07. The Balaban J connectivity index is 2.20. The van der Waals surface area contributed by atoms with E-state index in [0.717, 1.165) is 36.6 Å². The van der Waals surface area contributed by atoms with Crippen molar-refractivity contribution in [2.75, 3.05) is 26.8 Å². The lowest BCUT2D eigenvalue weighted by Crippen LogP contribution is -2.23. The molecule has 3 N–H and O–H groups in total. The van der Waals surface area contributed by atoms with Crippen LogP contribution in [0.2, 0.25) is 0 Å². The number of hydrogen-bond acceptors (Lipinski definition) is 4. The lowest BCUT2D eigenvalue weighted by molar-refractivity contribution is 0.297. The molecule has 2 rings (SSSR count). The van der Waals surface area contributed by atoms with Crippen LogP contribution in [0.25, 0.3) is 0 Å². The molecule has 0 aromatic heterocycles. The van der Waals surface area contributed by atoms with Gasteiger partial charge >= 0.3 is 0 Å². The quantitative estimate of drug-likeness (QED) is 0.803. The number of likely N-dealkylation sites (N-methyl/N-ethyl adjacent to an activating group) is 1. The average molecular weight is 222 g/mol. The molecule has 0 spiro atoms. The zero-order valence-corrected chi connectivity index (χ0v) is 9.53. The third kappa shape index (κ3) is 2.46. The maximum atomic E-state index is 6.02. The van der Waals surface area contributed by atoms with Crippen molar-refractivity contribution < 1.29 is 9.47 Å². The topological polar surface area (TPSA) is 56.5 Å². The van der Waals surface area contributed by atoms with E-state index in [1.54, 1.807) is 0 Å². The molecule has 1 aliphatic heterocycles. The molecule has 0 radical (unpaired) electrons. The second kappa shape index (κ2) is 5.18. The van der Waals surface area contributed by atoms with E-state index in [0.29, 0.717) is 6.61 Å². The van der Waals surface area contributed by atoms with Crippen LogP contribution in [0, 0.1) is 0 Å². The van der Waals surface area contributed by atoms with Crippen molar-refractivity contribution >= 4 is 0 Å². The molecule has 1 heterocycles. The molecule has 0 aliphatic carbocycles. The number of rotatable bonds is 3. The predicted molar refractivity (Wildman–Crippen MR) is 62.9 cm³/mol. The molecular weight excluding hydrogens is 204 g/mol. The van der Waals surface area contributed by atoms with Gasteiger partial charge in [0.2, 0.25) is 0 Å². The summed E-state index contributed by atoms with van der Waals surface area (Å²) >= 11 is 0. The zero-order chi connectivity index (χ0) is 11.4. The Morgan fingerprint density at radius 2 is 2.06 bits per heavy atom. The minimum atomic E-state index is -0.0119. The SMILES string of the molecule is CNCC(N)c1ccc2c(c1)OCCCO2. The van der Waals surface area contributed by atoms with Crippen molar-refractivity contribution in [3.05, 3.63) is 23.8 Å². The molecule has 4 nitrogen and oxygen atoms in total. The van der Waals surface area contributed by atoms with Gasteiger partial charge in [0.25, 0.3) is 0 Å². The van der Waals surface area contributed by atoms with Crippen LogP contribution in [0.3, 0.4) is 0 Å². The van der Waals surface area contributed by atoms with Crippen LogP contribution in [0.15, 0.2) is 18.2 Å². The van der Waals surface area contributed by atoms with E-state index >= 15 is 0 Å². The minimum Gasteiger partial charge on any atom is -0.490 e. The van der Waals surface area contributed by atoms with Crippen molar-refractivity contribution in [1.29, 1.82) is 0 Å². The number of fused-ring (bicyclic) bond motifs is 1. The first-order valence-electron chi connectivity index (χ1n) is 5.61. The minimum absolute atomic E-state index is 0.0119. The highest BCUT2D eigenvalue weighted by Gasteiger charge is 2.13. The number of nitrogens with two attached hydrogens (primary N) is 1. The van der Waals surface area contributed by atoms with E-state index in [1.165, 1.54) is 0 Å². The summed E-state index contributed by atoms with van der Waals surface area (Å²) in [5.41, 5.74) is 7.09. The van der Waals surface area contributed by atoms with Crippen LogP contribution in [0.4, 0.5) is 0 Å². The maximum absolute atomic E-state index is 6.02. The van der Waals surface area contributed by atoms with Gasteiger partial charge in [-0.3, -0.25) is 0 Å². The van der Waals surface area contributed by atoms with Crippen molar-refractivity contribution in [1.82, 2.24) is 5.32 Å². The largest absolute Gasteiger partial charge is 0.490 e. The third-order valence-electron chi connectivity index (χ3n) is 2.62. The Bertz CT molecular complexity index is 355. The van der Waals surface area contributed by atoms with Gasteiger partial charge in [0.15, 0.2) is 11.5 Å². The second-order valence-corrected chi connectivity index (χ2v) is 3.92. The molecule has 0 saturated carbocycles. The highest BCUT2D eigenvalue weighted by molar-refractivity contribution is 5.44. The molecule has 1 aliphatic rings. The fourth-order valence-electron chi connectivity index (χ4n) is 1.75. The summed E-state index contributed by atoms with van der Waals surface area (Å²) in [4.78, 5) is 0.